The summed E-state index contributed by atoms with van der Waals surface area (Å²) < 4.78 is 10.8. The highest BCUT2D eigenvalue weighted by Gasteiger charge is 2.09. The molecule has 0 bridgehead atoms. The van der Waals surface area contributed by atoms with Crippen LogP contribution in [0.25, 0.3) is 0 Å². The van der Waals surface area contributed by atoms with Crippen molar-refractivity contribution in [2.75, 3.05) is 0 Å². The molecule has 152 valence electrons. The third kappa shape index (κ3) is 5.61. The Hall–Kier alpha value is -4.27. The molecule has 0 N–H and O–H groups in total. The number of carbonyl (C=O) groups is 1. The summed E-state index contributed by atoms with van der Waals surface area (Å²) in [5, 5.41) is 21.3. The molecule has 0 aliphatic rings. The van der Waals surface area contributed by atoms with Gasteiger partial charge in [0.1, 0.15) is 18.1 Å². The van der Waals surface area contributed by atoms with Gasteiger partial charge in [-0.1, -0.05) is 24.3 Å². The minimum Gasteiger partial charge on any atom is -0.461 e. The fourth-order valence-corrected chi connectivity index (χ4v) is 2.54. The van der Waals surface area contributed by atoms with Crippen LogP contribution in [-0.4, -0.2) is 15.8 Å². The summed E-state index contributed by atoms with van der Waals surface area (Å²) in [5.74, 6) is 0.544. The van der Waals surface area contributed by atoms with Gasteiger partial charge in [-0.05, 0) is 35.4 Å². The number of nitro benzene ring substituents is 2. The van der Waals surface area contributed by atoms with Crippen molar-refractivity contribution in [2.45, 2.75) is 13.0 Å². The molecule has 0 saturated carbocycles. The smallest absolute Gasteiger partial charge is 0.310 e. The molecule has 0 unspecified atom stereocenters. The Balaban J connectivity index is 1.49. The van der Waals surface area contributed by atoms with Crippen molar-refractivity contribution in [3.63, 3.8) is 0 Å². The average molecular weight is 408 g/mol. The third-order valence-corrected chi connectivity index (χ3v) is 4.10. The van der Waals surface area contributed by atoms with Gasteiger partial charge in [0.25, 0.3) is 11.4 Å². The molecule has 0 atom stereocenters. The monoisotopic (exact) mass is 408 g/mol. The Morgan fingerprint density at radius 2 is 1.13 bits per heavy atom. The summed E-state index contributed by atoms with van der Waals surface area (Å²) in [5.41, 5.74) is 1.32. The van der Waals surface area contributed by atoms with Gasteiger partial charge < -0.3 is 9.47 Å². The molecule has 0 fully saturated rings. The summed E-state index contributed by atoms with van der Waals surface area (Å²) >= 11 is 0. The van der Waals surface area contributed by atoms with Crippen LogP contribution in [0.4, 0.5) is 11.4 Å². The van der Waals surface area contributed by atoms with Crippen LogP contribution in [0.5, 0.6) is 11.5 Å². The number of ether oxygens (including phenoxy) is 2. The highest BCUT2D eigenvalue weighted by Crippen LogP contribution is 2.24. The van der Waals surface area contributed by atoms with Gasteiger partial charge in [-0.2, -0.15) is 0 Å². The molecule has 3 rings (SSSR count). The number of carbonyl (C=O) groups excluding carboxylic acids is 1. The zero-order chi connectivity index (χ0) is 21.5. The molecule has 3 aromatic carbocycles. The Bertz CT molecular complexity index is 1050. The first-order chi connectivity index (χ1) is 14.4. The molecule has 0 amide bonds. The fraction of sp³-hybridized carbons (Fsp3) is 0.0952. The first-order valence-corrected chi connectivity index (χ1v) is 8.81. The maximum Gasteiger partial charge on any atom is 0.310 e. The van der Waals surface area contributed by atoms with E-state index in [1.165, 1.54) is 48.5 Å². The second-order valence-corrected chi connectivity index (χ2v) is 6.26. The van der Waals surface area contributed by atoms with Crippen LogP contribution < -0.4 is 4.74 Å². The van der Waals surface area contributed by atoms with Crippen molar-refractivity contribution in [3.05, 3.63) is 104 Å². The zero-order valence-corrected chi connectivity index (χ0v) is 15.6. The first kappa shape index (κ1) is 20.5. The molecule has 0 aromatic heterocycles. The van der Waals surface area contributed by atoms with Crippen molar-refractivity contribution in [3.8, 4) is 11.5 Å². The molecular weight excluding hydrogens is 392 g/mol. The summed E-state index contributed by atoms with van der Waals surface area (Å²) in [6.45, 7) is 0.0730. The van der Waals surface area contributed by atoms with Crippen LogP contribution in [0.1, 0.15) is 11.1 Å². The Kier molecular flexibility index (Phi) is 6.33. The normalized spacial score (nSPS) is 10.3. The molecule has 0 heterocycles. The molecule has 0 saturated heterocycles. The molecular formula is C21H16N2O7. The predicted octanol–water partition coefficient (Wildman–Crippen LogP) is 4.58. The summed E-state index contributed by atoms with van der Waals surface area (Å²) in [7, 11) is 0. The van der Waals surface area contributed by atoms with E-state index >= 15 is 0 Å². The van der Waals surface area contributed by atoms with Gasteiger partial charge in [-0.25, -0.2) is 0 Å². The maximum absolute atomic E-state index is 12.0. The molecule has 0 aliphatic heterocycles. The van der Waals surface area contributed by atoms with E-state index < -0.39 is 15.8 Å². The minimum absolute atomic E-state index is 0.0132. The molecule has 30 heavy (non-hydrogen) atoms. The lowest BCUT2D eigenvalue weighted by Gasteiger charge is -2.08. The quantitative estimate of drug-likeness (QED) is 0.304. The average Bonchev–Trinajstić information content (AvgIpc) is 2.74. The second-order valence-electron chi connectivity index (χ2n) is 6.26. The zero-order valence-electron chi connectivity index (χ0n) is 15.6. The Labute approximate surface area is 170 Å². The number of benzene rings is 3. The van der Waals surface area contributed by atoms with Crippen molar-refractivity contribution in [2.24, 2.45) is 0 Å². The summed E-state index contributed by atoms with van der Waals surface area (Å²) in [4.78, 5) is 32.3. The fourth-order valence-electron chi connectivity index (χ4n) is 2.54. The Morgan fingerprint density at radius 1 is 0.700 bits per heavy atom. The van der Waals surface area contributed by atoms with Crippen molar-refractivity contribution < 1.29 is 24.1 Å². The van der Waals surface area contributed by atoms with E-state index in [0.29, 0.717) is 17.1 Å². The van der Waals surface area contributed by atoms with Crippen LogP contribution in [-0.2, 0) is 22.6 Å². The van der Waals surface area contributed by atoms with Crippen LogP contribution in [0.2, 0.25) is 0 Å². The van der Waals surface area contributed by atoms with Crippen LogP contribution in [0.3, 0.4) is 0 Å². The van der Waals surface area contributed by atoms with Crippen LogP contribution in [0, 0.1) is 20.2 Å². The third-order valence-electron chi connectivity index (χ3n) is 4.10. The van der Waals surface area contributed by atoms with E-state index in [1.807, 2.05) is 0 Å². The highest BCUT2D eigenvalue weighted by molar-refractivity contribution is 5.72. The van der Waals surface area contributed by atoms with Gasteiger partial charge in [0.2, 0.25) is 0 Å². The summed E-state index contributed by atoms with van der Waals surface area (Å²) in [6, 6.07) is 18.3. The van der Waals surface area contributed by atoms with Crippen molar-refractivity contribution >= 4 is 17.3 Å². The molecule has 9 heteroatoms. The number of non-ortho nitro benzene ring substituents is 2. The number of hydrogen-bond donors (Lipinski definition) is 0. The SMILES string of the molecule is O=C(Cc1ccc([N+](=O)[O-])cc1)OCc1ccc(Oc2ccc([N+](=O)[O-])cc2)cc1. The van der Waals surface area contributed by atoms with Crippen LogP contribution in [0.15, 0.2) is 72.8 Å². The first-order valence-electron chi connectivity index (χ1n) is 8.81. The van der Waals surface area contributed by atoms with E-state index in [4.69, 9.17) is 9.47 Å². The van der Waals surface area contributed by atoms with E-state index in [0.717, 1.165) is 5.56 Å². The van der Waals surface area contributed by atoms with Gasteiger partial charge in [-0.3, -0.25) is 25.0 Å². The van der Waals surface area contributed by atoms with Gasteiger partial charge in [0.15, 0.2) is 0 Å². The molecule has 3 aromatic rings. The van der Waals surface area contributed by atoms with Crippen molar-refractivity contribution in [1.82, 2.24) is 0 Å². The topological polar surface area (TPSA) is 122 Å². The van der Waals surface area contributed by atoms with Gasteiger partial charge in [-0.15, -0.1) is 0 Å². The van der Waals surface area contributed by atoms with E-state index in [1.54, 1.807) is 24.3 Å². The molecule has 0 aliphatic carbocycles. The lowest BCUT2D eigenvalue weighted by Crippen LogP contribution is -2.08. The lowest BCUT2D eigenvalue weighted by atomic mass is 10.1. The minimum atomic E-state index is -0.503. The number of nitro groups is 2. The van der Waals surface area contributed by atoms with Gasteiger partial charge >= 0.3 is 5.97 Å². The second kappa shape index (κ2) is 9.28. The van der Waals surface area contributed by atoms with Gasteiger partial charge in [0, 0.05) is 24.3 Å². The number of rotatable bonds is 8. The number of nitrogens with zero attached hydrogens (tertiary/aromatic N) is 2. The molecule has 9 nitrogen and oxygen atoms in total. The predicted molar refractivity (Wildman–Crippen MR) is 106 cm³/mol. The number of hydrogen-bond acceptors (Lipinski definition) is 7. The lowest BCUT2D eigenvalue weighted by molar-refractivity contribution is -0.385. The maximum atomic E-state index is 12.0. The largest absolute Gasteiger partial charge is 0.461 e. The van der Waals surface area contributed by atoms with E-state index in [9.17, 15) is 25.0 Å². The summed E-state index contributed by atoms with van der Waals surface area (Å²) in [6.07, 6.45) is 0.0132. The van der Waals surface area contributed by atoms with Gasteiger partial charge in [0.05, 0.1) is 16.3 Å². The standard InChI is InChI=1S/C21H16N2O7/c24-21(13-15-1-5-17(6-2-15)22(25)26)29-14-16-3-9-19(10-4-16)30-20-11-7-18(8-12-20)23(27)28/h1-12H,13-14H2. The van der Waals surface area contributed by atoms with E-state index in [-0.39, 0.29) is 24.4 Å². The van der Waals surface area contributed by atoms with E-state index in [2.05, 4.69) is 0 Å². The Morgan fingerprint density at radius 3 is 1.63 bits per heavy atom. The van der Waals surface area contributed by atoms with Crippen LogP contribution >= 0.6 is 0 Å². The molecule has 0 spiro atoms. The highest BCUT2D eigenvalue weighted by atomic mass is 16.6. The molecule has 0 radical (unpaired) electrons. The van der Waals surface area contributed by atoms with Crippen molar-refractivity contribution in [1.29, 1.82) is 0 Å². The number of esters is 1.